The van der Waals surface area contributed by atoms with Crippen molar-refractivity contribution in [1.82, 2.24) is 4.90 Å². The highest BCUT2D eigenvalue weighted by Gasteiger charge is 2.41. The molecule has 0 bridgehead atoms. The second-order valence-corrected chi connectivity index (χ2v) is 13.9. The highest BCUT2D eigenvalue weighted by Crippen LogP contribution is 2.41. The van der Waals surface area contributed by atoms with Gasteiger partial charge >= 0.3 is 0 Å². The van der Waals surface area contributed by atoms with Gasteiger partial charge in [0.1, 0.15) is 12.4 Å². The highest BCUT2D eigenvalue weighted by molar-refractivity contribution is 14.1. The van der Waals surface area contributed by atoms with E-state index in [1.165, 1.54) is 29.0 Å². The summed E-state index contributed by atoms with van der Waals surface area (Å²) < 4.78 is 8.41. The van der Waals surface area contributed by atoms with E-state index in [9.17, 15) is 4.79 Å². The number of benzene rings is 4. The first-order valence-corrected chi connectivity index (χ1v) is 16.9. The Morgan fingerprint density at radius 3 is 2.44 bits per heavy atom. The molecule has 0 aromatic heterocycles. The van der Waals surface area contributed by atoms with Gasteiger partial charge in [-0.1, -0.05) is 80.4 Å². The fourth-order valence-electron chi connectivity index (χ4n) is 5.67. The summed E-state index contributed by atoms with van der Waals surface area (Å²) in [5.74, 6) is 1.38. The third kappa shape index (κ3) is 6.37. The fraction of sp³-hybridized carbons (Fsp3) is 0.235. The molecular formula is C34H30I2N2O2S. The second kappa shape index (κ2) is 12.9. The zero-order chi connectivity index (χ0) is 28.3. The summed E-state index contributed by atoms with van der Waals surface area (Å²) in [5, 5.41) is 3.21. The Labute approximate surface area is 272 Å². The second-order valence-electron chi connectivity index (χ2n) is 10.6. The van der Waals surface area contributed by atoms with Crippen molar-refractivity contribution in [3.63, 3.8) is 0 Å². The third-order valence-electron chi connectivity index (χ3n) is 7.79. The summed E-state index contributed by atoms with van der Waals surface area (Å²) in [6.45, 7) is 2.77. The molecule has 4 aromatic rings. The maximum atomic E-state index is 13.9. The van der Waals surface area contributed by atoms with Gasteiger partial charge in [0.15, 0.2) is 5.17 Å². The summed E-state index contributed by atoms with van der Waals surface area (Å²) in [7, 11) is 0. The topological polar surface area (TPSA) is 41.9 Å². The largest absolute Gasteiger partial charge is 0.487 e. The van der Waals surface area contributed by atoms with Crippen LogP contribution < -0.4 is 4.74 Å². The van der Waals surface area contributed by atoms with E-state index in [0.29, 0.717) is 17.4 Å². The molecule has 1 saturated heterocycles. The average molecular weight is 785 g/mol. The van der Waals surface area contributed by atoms with Crippen molar-refractivity contribution in [2.45, 2.75) is 45.3 Å². The van der Waals surface area contributed by atoms with Gasteiger partial charge in [-0.3, -0.25) is 9.69 Å². The number of amides is 1. The van der Waals surface area contributed by atoms with E-state index < -0.39 is 0 Å². The van der Waals surface area contributed by atoms with Crippen LogP contribution in [0.25, 0.3) is 16.8 Å². The molecule has 1 aliphatic heterocycles. The van der Waals surface area contributed by atoms with Crippen LogP contribution in [0, 0.1) is 13.1 Å². The molecule has 4 aromatic carbocycles. The van der Waals surface area contributed by atoms with Crippen LogP contribution in [0.15, 0.2) is 94.8 Å². The molecule has 0 radical (unpaired) electrons. The Hall–Kier alpha value is -2.37. The van der Waals surface area contributed by atoms with Crippen molar-refractivity contribution in [3.05, 3.63) is 108 Å². The lowest BCUT2D eigenvalue weighted by molar-refractivity contribution is -0.124. The summed E-state index contributed by atoms with van der Waals surface area (Å²) in [4.78, 5) is 21.5. The van der Waals surface area contributed by atoms with E-state index >= 15 is 0 Å². The number of para-hydroxylation sites is 1. The summed E-state index contributed by atoms with van der Waals surface area (Å²) in [6, 6.07) is 29.0. The smallest absolute Gasteiger partial charge is 0.267 e. The van der Waals surface area contributed by atoms with E-state index in [0.717, 1.165) is 54.1 Å². The van der Waals surface area contributed by atoms with Crippen LogP contribution in [-0.4, -0.2) is 22.0 Å². The third-order valence-corrected chi connectivity index (χ3v) is 10.4. The number of fused-ring (bicyclic) bond motifs is 1. The van der Waals surface area contributed by atoms with Gasteiger partial charge in [0.05, 0.1) is 17.7 Å². The van der Waals surface area contributed by atoms with Crippen LogP contribution in [0.3, 0.4) is 0 Å². The highest BCUT2D eigenvalue weighted by atomic mass is 127. The summed E-state index contributed by atoms with van der Waals surface area (Å²) in [5.41, 5.74) is 3.02. The van der Waals surface area contributed by atoms with Gasteiger partial charge in [-0.05, 0) is 128 Å². The number of rotatable bonds is 6. The minimum absolute atomic E-state index is 0.0599. The van der Waals surface area contributed by atoms with Crippen molar-refractivity contribution in [1.29, 1.82) is 0 Å². The van der Waals surface area contributed by atoms with Crippen LogP contribution in [0.2, 0.25) is 0 Å². The Morgan fingerprint density at radius 1 is 0.951 bits per heavy atom. The van der Waals surface area contributed by atoms with Crippen LogP contribution in [0.5, 0.6) is 5.75 Å². The average Bonchev–Trinajstić information content (AvgIpc) is 3.27. The minimum Gasteiger partial charge on any atom is -0.487 e. The number of amidine groups is 1. The Balaban J connectivity index is 1.27. The van der Waals surface area contributed by atoms with Gasteiger partial charge in [0.2, 0.25) is 0 Å². The minimum atomic E-state index is 0.0599. The zero-order valence-electron chi connectivity index (χ0n) is 22.7. The number of carbonyl (C=O) groups is 1. The van der Waals surface area contributed by atoms with E-state index in [-0.39, 0.29) is 11.9 Å². The number of halogens is 2. The molecule has 0 spiro atoms. The molecule has 1 aliphatic carbocycles. The maximum absolute atomic E-state index is 13.9. The van der Waals surface area contributed by atoms with Gasteiger partial charge in [-0.15, -0.1) is 0 Å². The molecule has 0 unspecified atom stereocenters. The van der Waals surface area contributed by atoms with Gasteiger partial charge in [-0.2, -0.15) is 0 Å². The molecule has 1 saturated carbocycles. The number of thioether (sulfide) groups is 1. The van der Waals surface area contributed by atoms with Gasteiger partial charge in [0.25, 0.3) is 5.91 Å². The Bertz CT molecular complexity index is 1630. The summed E-state index contributed by atoms with van der Waals surface area (Å²) in [6.07, 6.45) is 6.56. The van der Waals surface area contributed by atoms with Crippen LogP contribution in [-0.2, 0) is 11.4 Å². The number of ether oxygens (including phenoxy) is 1. The molecule has 2 fully saturated rings. The Kier molecular flexibility index (Phi) is 9.02. The normalized spacial score (nSPS) is 21.2. The number of hydrogen-bond donors (Lipinski definition) is 0. The molecule has 6 rings (SSSR count). The molecular weight excluding hydrogens is 754 g/mol. The van der Waals surface area contributed by atoms with E-state index in [1.807, 2.05) is 41.3 Å². The number of hydrogen-bond acceptors (Lipinski definition) is 4. The Morgan fingerprint density at radius 2 is 1.66 bits per heavy atom. The van der Waals surface area contributed by atoms with Crippen molar-refractivity contribution >= 4 is 90.6 Å². The zero-order valence-corrected chi connectivity index (χ0v) is 27.9. The van der Waals surface area contributed by atoms with Gasteiger partial charge in [-0.25, -0.2) is 4.99 Å². The van der Waals surface area contributed by atoms with E-state index in [4.69, 9.17) is 9.73 Å². The fourth-order valence-corrected chi connectivity index (χ4v) is 8.84. The first kappa shape index (κ1) is 28.7. The lowest BCUT2D eigenvalue weighted by Gasteiger charge is -2.35. The lowest BCUT2D eigenvalue weighted by Crippen LogP contribution is -2.44. The van der Waals surface area contributed by atoms with Gasteiger partial charge < -0.3 is 4.74 Å². The van der Waals surface area contributed by atoms with Gasteiger partial charge in [0, 0.05) is 6.04 Å². The molecule has 1 amide bonds. The molecule has 0 N–H and O–H groups in total. The molecule has 2 atom stereocenters. The number of nitrogens with zero attached hydrogens (tertiary/aromatic N) is 2. The first-order chi connectivity index (χ1) is 20.0. The molecule has 41 heavy (non-hydrogen) atoms. The molecule has 7 heteroatoms. The quantitative estimate of drug-likeness (QED) is 0.145. The van der Waals surface area contributed by atoms with Crippen LogP contribution in [0.1, 0.15) is 43.7 Å². The molecule has 1 heterocycles. The number of carbonyl (C=O) groups excluding carboxylic acids is 1. The lowest BCUT2D eigenvalue weighted by atomic mass is 9.85. The van der Waals surface area contributed by atoms with Crippen LogP contribution in [0.4, 0.5) is 5.69 Å². The first-order valence-electron chi connectivity index (χ1n) is 13.9. The molecule has 4 nitrogen and oxygen atoms in total. The van der Waals surface area contributed by atoms with E-state index in [1.54, 1.807) is 0 Å². The predicted octanol–water partition coefficient (Wildman–Crippen LogP) is 9.81. The molecule has 2 aliphatic rings. The standard InChI is InChI=1S/C34H30I2N2O2S/c1-22-10-5-8-17-30(22)38-33(39)31(41-34(38)37-26-14-3-2-4-15-26)20-23-18-28(35)32(29(36)19-23)40-21-25-13-9-12-24-11-6-7-16-27(24)25/h2-4,6-7,9,11-16,18-20,22,30H,5,8,10,17,21H2,1H3/b31-20-,37-34?/t22-,30-/m0/s1. The van der Waals surface area contributed by atoms with Crippen molar-refractivity contribution in [3.8, 4) is 5.75 Å². The summed E-state index contributed by atoms with van der Waals surface area (Å²) >= 11 is 6.17. The maximum Gasteiger partial charge on any atom is 0.267 e. The van der Waals surface area contributed by atoms with Crippen molar-refractivity contribution in [2.75, 3.05) is 0 Å². The molecule has 208 valence electrons. The number of aliphatic imine (C=N–C) groups is 1. The SMILES string of the molecule is C[C@H]1CCCC[C@@H]1N1C(=O)/C(=C/c2cc(I)c(OCc3cccc4ccccc34)c(I)c2)SC1=Nc1ccccc1. The van der Waals surface area contributed by atoms with E-state index in [2.05, 4.69) is 107 Å². The monoisotopic (exact) mass is 784 g/mol. The van der Waals surface area contributed by atoms with Crippen molar-refractivity contribution in [2.24, 2.45) is 10.9 Å². The predicted molar refractivity (Wildman–Crippen MR) is 188 cm³/mol. The van der Waals surface area contributed by atoms with Crippen molar-refractivity contribution < 1.29 is 9.53 Å². The van der Waals surface area contributed by atoms with Crippen LogP contribution >= 0.6 is 56.9 Å².